The first-order valence-electron chi connectivity index (χ1n) is 9.87. The number of ether oxygens (including phenoxy) is 1. The number of aliphatic hydroxyl groups excluding tert-OH is 3. The number of halogens is 1. The van der Waals surface area contributed by atoms with Gasteiger partial charge in [0.2, 0.25) is 11.9 Å². The molecule has 4 atom stereocenters. The molecule has 2 aromatic heterocycles. The number of hydrogen-bond donors (Lipinski definition) is 6. The van der Waals surface area contributed by atoms with Crippen molar-refractivity contribution in [3.8, 4) is 0 Å². The van der Waals surface area contributed by atoms with Crippen LogP contribution >= 0.6 is 15.9 Å². The molecule has 0 bridgehead atoms. The van der Waals surface area contributed by atoms with Crippen LogP contribution in [0, 0.1) is 0 Å². The lowest BCUT2D eigenvalue weighted by Crippen LogP contribution is -2.33. The third kappa shape index (κ3) is 4.30. The topological polar surface area (TPSA) is 187 Å². The molecular formula is C19H23BrN8O5. The second-order valence-corrected chi connectivity index (χ2v) is 8.49. The highest BCUT2D eigenvalue weighted by molar-refractivity contribution is 9.10. The van der Waals surface area contributed by atoms with Crippen molar-refractivity contribution < 1.29 is 20.1 Å². The molecule has 3 heterocycles. The van der Waals surface area contributed by atoms with Gasteiger partial charge >= 0.3 is 0 Å². The molecule has 3 aromatic rings. The predicted octanol–water partition coefficient (Wildman–Crippen LogP) is -0.412. The van der Waals surface area contributed by atoms with E-state index in [-0.39, 0.29) is 23.1 Å². The van der Waals surface area contributed by atoms with Crippen LogP contribution in [0.15, 0.2) is 32.6 Å². The molecule has 14 heteroatoms. The first-order valence-corrected chi connectivity index (χ1v) is 10.7. The first kappa shape index (κ1) is 23.1. The Morgan fingerprint density at radius 1 is 1.36 bits per heavy atom. The Labute approximate surface area is 195 Å². The number of fused-ring (bicyclic) bond motifs is 1. The van der Waals surface area contributed by atoms with Crippen LogP contribution < -0.4 is 21.6 Å². The minimum Gasteiger partial charge on any atom is -0.394 e. The van der Waals surface area contributed by atoms with E-state index in [0.717, 1.165) is 15.7 Å². The number of H-pyrrole nitrogens is 1. The quantitative estimate of drug-likeness (QED) is 0.183. The molecule has 4 rings (SSSR count). The van der Waals surface area contributed by atoms with E-state index >= 15 is 0 Å². The van der Waals surface area contributed by atoms with Crippen molar-refractivity contribution in [3.05, 3.63) is 38.6 Å². The van der Waals surface area contributed by atoms with Gasteiger partial charge in [-0.15, -0.1) is 0 Å². The fourth-order valence-corrected chi connectivity index (χ4v) is 4.30. The molecular weight excluding hydrogens is 500 g/mol. The average molecular weight is 523 g/mol. The lowest BCUT2D eigenvalue weighted by atomic mass is 10.1. The molecule has 1 aromatic carbocycles. The molecule has 0 spiro atoms. The van der Waals surface area contributed by atoms with E-state index in [1.54, 1.807) is 0 Å². The van der Waals surface area contributed by atoms with Crippen molar-refractivity contribution in [2.24, 2.45) is 5.10 Å². The monoisotopic (exact) mass is 522 g/mol. The Kier molecular flexibility index (Phi) is 6.36. The number of nitrogens with zero attached hydrogens (tertiary/aromatic N) is 5. The zero-order valence-electron chi connectivity index (χ0n) is 17.7. The molecule has 1 aliphatic heterocycles. The second kappa shape index (κ2) is 9.07. The molecule has 0 aliphatic carbocycles. The fourth-order valence-electron chi connectivity index (χ4n) is 3.54. The van der Waals surface area contributed by atoms with Crippen molar-refractivity contribution in [2.45, 2.75) is 24.5 Å². The SMILES string of the molecule is CN(C)c1ccc(/C=N\Nc2nc3c(=O)[nH]c(N)nc3n2[C@@H]2O[C@@H](CO)[C@@H](O)[C@@H]2O)cc1Br. The van der Waals surface area contributed by atoms with Crippen LogP contribution in [0.4, 0.5) is 17.6 Å². The molecule has 0 unspecified atom stereocenters. The number of benzene rings is 1. The standard InChI is InChI=1S/C19H23BrN8O5/c1-27(2)10-4-3-8(5-9(10)20)6-22-26-19-23-12-15(24-18(21)25-16(12)32)28(19)17-14(31)13(30)11(7-29)33-17/h3-6,11,13-14,17,29-31H,7H2,1-2H3,(H,23,26)(H3,21,24,25,32)/b22-6-/t11-,13+,14-,17+/m0/s1. The number of aromatic nitrogens is 4. The largest absolute Gasteiger partial charge is 0.394 e. The minimum atomic E-state index is -1.43. The summed E-state index contributed by atoms with van der Waals surface area (Å²) in [6, 6.07) is 5.67. The number of hydrogen-bond acceptors (Lipinski definition) is 11. The molecule has 33 heavy (non-hydrogen) atoms. The number of rotatable bonds is 6. The third-order valence-corrected chi connectivity index (χ3v) is 5.81. The van der Waals surface area contributed by atoms with Gasteiger partial charge in [0.05, 0.1) is 18.5 Å². The molecule has 13 nitrogen and oxygen atoms in total. The van der Waals surface area contributed by atoms with Gasteiger partial charge in [0.1, 0.15) is 18.3 Å². The molecule has 7 N–H and O–H groups in total. The number of nitrogen functional groups attached to an aromatic ring is 1. The summed E-state index contributed by atoms with van der Waals surface area (Å²) in [6.45, 7) is -0.518. The smallest absolute Gasteiger partial charge is 0.280 e. The van der Waals surface area contributed by atoms with Crippen molar-refractivity contribution >= 4 is 50.9 Å². The highest BCUT2D eigenvalue weighted by Crippen LogP contribution is 2.34. The van der Waals surface area contributed by atoms with E-state index in [1.165, 1.54) is 10.8 Å². The number of aromatic amines is 1. The van der Waals surface area contributed by atoms with Gasteiger partial charge in [0.25, 0.3) is 5.56 Å². The molecule has 0 saturated carbocycles. The number of imidazole rings is 1. The van der Waals surface area contributed by atoms with Crippen LogP contribution in [0.2, 0.25) is 0 Å². The average Bonchev–Trinajstić information content (AvgIpc) is 3.25. The summed E-state index contributed by atoms with van der Waals surface area (Å²) >= 11 is 3.52. The van der Waals surface area contributed by atoms with E-state index < -0.39 is 36.7 Å². The van der Waals surface area contributed by atoms with Crippen molar-refractivity contribution in [1.29, 1.82) is 0 Å². The van der Waals surface area contributed by atoms with Gasteiger partial charge in [-0.1, -0.05) is 6.07 Å². The summed E-state index contributed by atoms with van der Waals surface area (Å²) in [4.78, 5) is 25.0. The van der Waals surface area contributed by atoms with Gasteiger partial charge < -0.3 is 30.7 Å². The van der Waals surface area contributed by atoms with Crippen LogP contribution in [0.25, 0.3) is 11.2 Å². The number of nitrogens with one attached hydrogen (secondary N) is 2. The highest BCUT2D eigenvalue weighted by atomic mass is 79.9. The van der Waals surface area contributed by atoms with Crippen LogP contribution in [-0.2, 0) is 4.74 Å². The number of aliphatic hydroxyl groups is 3. The van der Waals surface area contributed by atoms with Crippen molar-refractivity contribution in [3.63, 3.8) is 0 Å². The van der Waals surface area contributed by atoms with Gasteiger partial charge in [-0.05, 0) is 33.6 Å². The van der Waals surface area contributed by atoms with E-state index in [0.29, 0.717) is 0 Å². The van der Waals surface area contributed by atoms with Crippen LogP contribution in [0.5, 0.6) is 0 Å². The number of nitrogens with two attached hydrogens (primary N) is 1. The summed E-state index contributed by atoms with van der Waals surface area (Å²) in [5, 5.41) is 34.3. The lowest BCUT2D eigenvalue weighted by Gasteiger charge is -2.18. The van der Waals surface area contributed by atoms with Gasteiger partial charge in [-0.2, -0.15) is 10.1 Å². The maximum atomic E-state index is 12.3. The van der Waals surface area contributed by atoms with E-state index in [9.17, 15) is 20.1 Å². The molecule has 1 fully saturated rings. The van der Waals surface area contributed by atoms with Gasteiger partial charge in [0.15, 0.2) is 17.4 Å². The Balaban J connectivity index is 1.71. The number of anilines is 3. The molecule has 0 radical (unpaired) electrons. The fraction of sp³-hybridized carbons (Fsp3) is 0.368. The minimum absolute atomic E-state index is 0.0156. The maximum absolute atomic E-state index is 12.3. The summed E-state index contributed by atoms with van der Waals surface area (Å²) < 4.78 is 7.75. The van der Waals surface area contributed by atoms with E-state index in [1.807, 2.05) is 37.2 Å². The molecule has 1 aliphatic rings. The predicted molar refractivity (Wildman–Crippen MR) is 125 cm³/mol. The van der Waals surface area contributed by atoms with Crippen molar-refractivity contribution in [2.75, 3.05) is 36.8 Å². The Morgan fingerprint density at radius 3 is 2.76 bits per heavy atom. The first-order chi connectivity index (χ1) is 15.7. The Hall–Kier alpha value is -3.04. The summed E-state index contributed by atoms with van der Waals surface area (Å²) in [5.74, 6) is -0.148. The van der Waals surface area contributed by atoms with Crippen LogP contribution in [0.1, 0.15) is 11.8 Å². The Morgan fingerprint density at radius 2 is 2.12 bits per heavy atom. The van der Waals surface area contributed by atoms with Crippen LogP contribution in [-0.4, -0.2) is 80.1 Å². The van der Waals surface area contributed by atoms with E-state index in [2.05, 4.69) is 41.4 Å². The summed E-state index contributed by atoms with van der Waals surface area (Å²) in [7, 11) is 3.86. The summed E-state index contributed by atoms with van der Waals surface area (Å²) in [6.07, 6.45) is -3.49. The van der Waals surface area contributed by atoms with Crippen LogP contribution in [0.3, 0.4) is 0 Å². The number of hydrazone groups is 1. The van der Waals surface area contributed by atoms with Gasteiger partial charge in [-0.3, -0.25) is 14.3 Å². The Bertz CT molecular complexity index is 1260. The lowest BCUT2D eigenvalue weighted by molar-refractivity contribution is -0.0501. The zero-order valence-corrected chi connectivity index (χ0v) is 19.3. The van der Waals surface area contributed by atoms with Crippen molar-refractivity contribution in [1.82, 2.24) is 19.5 Å². The third-order valence-electron chi connectivity index (χ3n) is 5.17. The molecule has 1 saturated heterocycles. The summed E-state index contributed by atoms with van der Waals surface area (Å²) in [5.41, 5.74) is 9.52. The molecule has 176 valence electrons. The van der Waals surface area contributed by atoms with E-state index in [4.69, 9.17) is 10.5 Å². The maximum Gasteiger partial charge on any atom is 0.280 e. The zero-order chi connectivity index (χ0) is 23.9. The molecule has 0 amide bonds. The van der Waals surface area contributed by atoms with Gasteiger partial charge in [-0.25, -0.2) is 10.4 Å². The normalized spacial score (nSPS) is 23.0. The highest BCUT2D eigenvalue weighted by Gasteiger charge is 2.45. The second-order valence-electron chi connectivity index (χ2n) is 7.63. The van der Waals surface area contributed by atoms with Gasteiger partial charge in [0, 0.05) is 18.6 Å².